The zero-order valence-electron chi connectivity index (χ0n) is 4.76. The lowest BCUT2D eigenvalue weighted by Gasteiger charge is -2.03. The van der Waals surface area contributed by atoms with Gasteiger partial charge in [0.25, 0.3) is 0 Å². The van der Waals surface area contributed by atoms with E-state index in [2.05, 4.69) is 0 Å². The van der Waals surface area contributed by atoms with Crippen LogP contribution >= 0.6 is 0 Å². The molecule has 0 radical (unpaired) electrons. The van der Waals surface area contributed by atoms with Gasteiger partial charge in [-0.2, -0.15) is 0 Å². The molecular weight excluding hydrogens is 80.0 g/mol. The highest BCUT2D eigenvalue weighted by atomic mass is 16.5. The molecule has 0 aromatic rings. The fourth-order valence-corrected chi connectivity index (χ4v) is 0. The Bertz CT molecular complexity index is 47.0. The maximum atomic E-state index is 8.26. The molecule has 2 heteroatoms. The summed E-state index contributed by atoms with van der Waals surface area (Å²) in [6.45, 7) is 1.68. The van der Waals surface area contributed by atoms with Gasteiger partial charge in [0.15, 0.2) is 6.29 Å². The van der Waals surface area contributed by atoms with Crippen LogP contribution in [0.3, 0.4) is 0 Å². The van der Waals surface area contributed by atoms with Gasteiger partial charge in [0.1, 0.15) is 0 Å². The van der Waals surface area contributed by atoms with Crippen LogP contribution in [0.2, 0.25) is 0 Å². The molecule has 0 aromatic heterocycles. The third kappa shape index (κ3) is 2.18. The molecule has 0 spiro atoms. The summed E-state index contributed by atoms with van der Waals surface area (Å²) in [6.07, 6.45) is -1.32. The summed E-state index contributed by atoms with van der Waals surface area (Å²) in [7, 11) is 0. The summed E-state index contributed by atoms with van der Waals surface area (Å²) in [5.74, 6) is -0.319. The molecule has 0 saturated heterocycles. The van der Waals surface area contributed by atoms with Crippen molar-refractivity contribution in [1.29, 1.82) is 0 Å². The van der Waals surface area contributed by atoms with Gasteiger partial charge in [-0.25, -0.2) is 0 Å². The second kappa shape index (κ2) is 2.16. The highest BCUT2D eigenvalue weighted by Gasteiger charge is 1.99. The first-order valence-electron chi connectivity index (χ1n) is 2.54. The predicted octanol–water partition coefficient (Wildman–Crippen LogP) is -0.0469. The largest absolute Gasteiger partial charge is 0.368 e. The minimum atomic E-state index is -1.32. The van der Waals surface area contributed by atoms with E-state index >= 15 is 0 Å². The number of rotatable bonds is 1. The molecule has 0 bridgehead atoms. The van der Waals surface area contributed by atoms with Gasteiger partial charge in [-0.15, -0.1) is 0 Å². The summed E-state index contributed by atoms with van der Waals surface area (Å²) in [6, 6.07) is 0. The van der Waals surface area contributed by atoms with Crippen LogP contribution in [-0.4, -0.2) is 16.5 Å². The third-order valence-corrected chi connectivity index (χ3v) is 0.509. The molecular formula is C4H10O2. The second-order valence-electron chi connectivity index (χ2n) is 1.39. The van der Waals surface area contributed by atoms with Gasteiger partial charge < -0.3 is 10.2 Å². The molecule has 0 aliphatic carbocycles. The fourth-order valence-electron chi connectivity index (χ4n) is 0. The summed E-state index contributed by atoms with van der Waals surface area (Å²) >= 11 is 0. The summed E-state index contributed by atoms with van der Waals surface area (Å²) < 4.78 is 6.62. The van der Waals surface area contributed by atoms with Gasteiger partial charge in [0, 0.05) is 7.29 Å². The van der Waals surface area contributed by atoms with E-state index in [-0.39, 0.29) is 12.8 Å². The van der Waals surface area contributed by atoms with Crippen LogP contribution in [0.1, 0.15) is 15.2 Å². The molecule has 0 fully saturated rings. The molecule has 0 aliphatic rings. The summed E-state index contributed by atoms with van der Waals surface area (Å²) in [5, 5.41) is 16.5. The van der Waals surface area contributed by atoms with Crippen molar-refractivity contribution in [3.8, 4) is 0 Å². The molecule has 0 heterocycles. The molecule has 0 rings (SSSR count). The summed E-state index contributed by atoms with van der Waals surface area (Å²) in [5.41, 5.74) is 0. The average Bonchev–Trinajstić information content (AvgIpc) is 1.65. The molecule has 0 aromatic carbocycles. The van der Waals surface area contributed by atoms with E-state index in [0.29, 0.717) is 0 Å². The third-order valence-electron chi connectivity index (χ3n) is 0.509. The SMILES string of the molecule is [3H]C[C@H](C)C(O)O. The number of hydrogen-bond donors (Lipinski definition) is 2. The monoisotopic (exact) mass is 92.1 g/mol. The Morgan fingerprint density at radius 3 is 2.17 bits per heavy atom. The number of hydrogen-bond acceptors (Lipinski definition) is 2. The summed E-state index contributed by atoms with van der Waals surface area (Å²) in [4.78, 5) is 0. The van der Waals surface area contributed by atoms with Crippen LogP contribution in [-0.2, 0) is 0 Å². The zero-order valence-corrected chi connectivity index (χ0v) is 3.76. The van der Waals surface area contributed by atoms with E-state index < -0.39 is 6.29 Å². The van der Waals surface area contributed by atoms with E-state index in [4.69, 9.17) is 11.6 Å². The van der Waals surface area contributed by atoms with E-state index in [9.17, 15) is 0 Å². The topological polar surface area (TPSA) is 40.5 Å². The Hall–Kier alpha value is -0.0800. The molecule has 0 amide bonds. The molecule has 0 saturated carbocycles. The van der Waals surface area contributed by atoms with Crippen molar-refractivity contribution >= 4 is 0 Å². The lowest BCUT2D eigenvalue weighted by molar-refractivity contribution is -0.0731. The lowest BCUT2D eigenvalue weighted by atomic mass is 10.2. The van der Waals surface area contributed by atoms with E-state index in [1.165, 1.54) is 0 Å². The van der Waals surface area contributed by atoms with Crippen molar-refractivity contribution in [3.05, 3.63) is 0 Å². The molecule has 6 heavy (non-hydrogen) atoms. The number of aliphatic hydroxyl groups is 2. The fraction of sp³-hybridized carbons (Fsp3) is 1.00. The highest BCUT2D eigenvalue weighted by molar-refractivity contribution is 4.40. The quantitative estimate of drug-likeness (QED) is 0.445. The van der Waals surface area contributed by atoms with Gasteiger partial charge in [-0.05, 0) is 0 Å². The number of aliphatic hydroxyl groups excluding tert-OH is 1. The standard InChI is InChI=1S/C4H10O2/c1-3(2)4(5)6/h3-6H,1-2H3/i1T/t3-/m1/s1. The van der Waals surface area contributed by atoms with Crippen molar-refractivity contribution < 1.29 is 11.6 Å². The van der Waals surface area contributed by atoms with Crippen molar-refractivity contribution in [3.63, 3.8) is 0 Å². The zero-order chi connectivity index (χ0) is 5.86. The lowest BCUT2D eigenvalue weighted by Crippen LogP contribution is -2.11. The smallest absolute Gasteiger partial charge is 0.153 e. The van der Waals surface area contributed by atoms with Crippen LogP contribution in [0.25, 0.3) is 0 Å². The second-order valence-corrected chi connectivity index (χ2v) is 1.39. The molecule has 2 N–H and O–H groups in total. The minimum Gasteiger partial charge on any atom is -0.368 e. The van der Waals surface area contributed by atoms with Gasteiger partial charge in [0.05, 0.1) is 0 Å². The van der Waals surface area contributed by atoms with Crippen molar-refractivity contribution in [2.45, 2.75) is 20.1 Å². The van der Waals surface area contributed by atoms with Gasteiger partial charge >= 0.3 is 0 Å². The Kier molecular flexibility index (Phi) is 1.47. The van der Waals surface area contributed by atoms with Gasteiger partial charge in [-0.3, -0.25) is 0 Å². The Balaban J connectivity index is 3.14. The van der Waals surface area contributed by atoms with Crippen LogP contribution in [0.4, 0.5) is 0 Å². The first-order valence-corrected chi connectivity index (χ1v) is 1.84. The van der Waals surface area contributed by atoms with Crippen LogP contribution in [0.5, 0.6) is 0 Å². The Morgan fingerprint density at radius 1 is 1.67 bits per heavy atom. The van der Waals surface area contributed by atoms with Crippen LogP contribution < -0.4 is 0 Å². The maximum absolute atomic E-state index is 8.26. The van der Waals surface area contributed by atoms with Gasteiger partial charge in [0.2, 0.25) is 0 Å². The maximum Gasteiger partial charge on any atom is 0.153 e. The predicted molar refractivity (Wildman–Crippen MR) is 23.1 cm³/mol. The van der Waals surface area contributed by atoms with Crippen LogP contribution in [0.15, 0.2) is 0 Å². The Morgan fingerprint density at radius 2 is 2.17 bits per heavy atom. The van der Waals surface area contributed by atoms with Crippen molar-refractivity contribution in [2.75, 3.05) is 0 Å². The van der Waals surface area contributed by atoms with E-state index in [1.807, 2.05) is 0 Å². The van der Waals surface area contributed by atoms with E-state index in [1.54, 1.807) is 6.92 Å². The van der Waals surface area contributed by atoms with Crippen molar-refractivity contribution in [2.24, 2.45) is 5.92 Å². The first kappa shape index (κ1) is 4.09. The van der Waals surface area contributed by atoms with Crippen molar-refractivity contribution in [1.82, 2.24) is 0 Å². The van der Waals surface area contributed by atoms with Crippen LogP contribution in [0, 0.1) is 5.92 Å². The minimum absolute atomic E-state index is 0.0671. The normalized spacial score (nSPS) is 17.7. The Labute approximate surface area is 38.8 Å². The highest BCUT2D eigenvalue weighted by Crippen LogP contribution is 1.93. The van der Waals surface area contributed by atoms with Gasteiger partial charge in [-0.1, -0.05) is 13.8 Å². The average molecular weight is 92.1 g/mol. The molecule has 38 valence electrons. The molecule has 2 nitrogen and oxygen atoms in total. The molecule has 0 unspecified atom stereocenters. The molecule has 0 aliphatic heterocycles. The van der Waals surface area contributed by atoms with E-state index in [0.717, 1.165) is 0 Å². The molecule has 1 atom stereocenters. The first-order chi connectivity index (χ1) is 3.18.